The molecule has 4 rings (SSSR count). The summed E-state index contributed by atoms with van der Waals surface area (Å²) in [6.07, 6.45) is 1.79. The highest BCUT2D eigenvalue weighted by atomic mass is 32.2. The van der Waals surface area contributed by atoms with Crippen molar-refractivity contribution < 1.29 is 14.3 Å². The van der Waals surface area contributed by atoms with E-state index in [4.69, 9.17) is 4.74 Å². The van der Waals surface area contributed by atoms with E-state index in [0.29, 0.717) is 23.8 Å². The molecule has 0 atom stereocenters. The molecular formula is C23H26N4O3S2. The topological polar surface area (TPSA) is 86.1 Å². The van der Waals surface area contributed by atoms with E-state index in [0.717, 1.165) is 17.0 Å². The van der Waals surface area contributed by atoms with Crippen molar-refractivity contribution >= 4 is 40.8 Å². The van der Waals surface area contributed by atoms with Crippen molar-refractivity contribution in [1.82, 2.24) is 14.8 Å². The van der Waals surface area contributed by atoms with Crippen molar-refractivity contribution in [2.75, 3.05) is 5.32 Å². The lowest BCUT2D eigenvalue weighted by Gasteiger charge is -2.21. The maximum atomic E-state index is 13.1. The van der Waals surface area contributed by atoms with Gasteiger partial charge >= 0.3 is 6.09 Å². The monoisotopic (exact) mass is 470 g/mol. The van der Waals surface area contributed by atoms with Gasteiger partial charge in [-0.25, -0.2) is 9.36 Å². The first-order valence-corrected chi connectivity index (χ1v) is 12.2. The number of carbonyl (C=O) groups excluding carboxylic acids is 2. The number of aryl methyl sites for hydroxylation is 1. The zero-order chi connectivity index (χ0) is 22.9. The number of thioether (sulfide) groups is 1. The number of aromatic nitrogens is 3. The number of carbonyl (C=O) groups is 2. The van der Waals surface area contributed by atoms with Crippen LogP contribution in [0.1, 0.15) is 46.1 Å². The third kappa shape index (κ3) is 4.88. The van der Waals surface area contributed by atoms with Crippen LogP contribution in [0, 0.1) is 0 Å². The van der Waals surface area contributed by atoms with Crippen molar-refractivity contribution in [3.8, 4) is 10.7 Å². The maximum absolute atomic E-state index is 13.1. The molecule has 7 nitrogen and oxygen atoms in total. The number of nitrogens with zero attached hydrogens (tertiary/aromatic N) is 3. The normalized spacial score (nSPS) is 14.8. The zero-order valence-corrected chi connectivity index (χ0v) is 20.2. The molecule has 168 valence electrons. The second-order valence-electron chi connectivity index (χ2n) is 8.70. The van der Waals surface area contributed by atoms with Gasteiger partial charge in [0, 0.05) is 5.69 Å². The summed E-state index contributed by atoms with van der Waals surface area (Å²) >= 11 is 2.74. The summed E-state index contributed by atoms with van der Waals surface area (Å²) in [7, 11) is 0. The Hall–Kier alpha value is -2.65. The van der Waals surface area contributed by atoms with Crippen molar-refractivity contribution in [3.63, 3.8) is 0 Å². The molecule has 1 saturated carbocycles. The van der Waals surface area contributed by atoms with E-state index in [1.807, 2.05) is 62.5 Å². The highest BCUT2D eigenvalue weighted by Gasteiger charge is 2.52. The standard InChI is InChI=1S/C23H26N4O3S2/c1-5-15-8-10-16(11-9-15)24-19(28)23(12-13-23)32-20-26-25-18(17-7-6-14-31-17)27(20)21(29)30-22(2,3)4/h6-11,14H,5,12-13H2,1-4H3,(H,24,28). The number of ether oxygens (including phenoxy) is 1. The Morgan fingerprint density at radius 1 is 1.19 bits per heavy atom. The number of nitrogens with one attached hydrogen (secondary N) is 1. The van der Waals surface area contributed by atoms with Crippen LogP contribution in [-0.4, -0.2) is 37.1 Å². The van der Waals surface area contributed by atoms with Crippen LogP contribution in [0.15, 0.2) is 46.9 Å². The number of rotatable bonds is 6. The van der Waals surface area contributed by atoms with Crippen LogP contribution in [0.4, 0.5) is 10.5 Å². The molecule has 0 saturated heterocycles. The van der Waals surface area contributed by atoms with Gasteiger partial charge in [-0.1, -0.05) is 36.9 Å². The van der Waals surface area contributed by atoms with Crippen LogP contribution in [0.2, 0.25) is 0 Å². The number of benzene rings is 1. The molecule has 9 heteroatoms. The molecule has 0 unspecified atom stereocenters. The fourth-order valence-corrected chi connectivity index (χ4v) is 4.94. The fourth-order valence-electron chi connectivity index (χ4n) is 3.11. The molecule has 1 amide bonds. The molecule has 1 aliphatic rings. The van der Waals surface area contributed by atoms with Gasteiger partial charge in [-0.2, -0.15) is 0 Å². The first-order chi connectivity index (χ1) is 15.2. The SMILES string of the molecule is CCc1ccc(NC(=O)C2(Sc3nnc(-c4cccs4)n3C(=O)OC(C)(C)C)CC2)cc1. The summed E-state index contributed by atoms with van der Waals surface area (Å²) in [5.41, 5.74) is 1.30. The Labute approximate surface area is 195 Å². The van der Waals surface area contributed by atoms with Crippen LogP contribution < -0.4 is 5.32 Å². The van der Waals surface area contributed by atoms with Gasteiger partial charge in [-0.05, 0) is 69.2 Å². The van der Waals surface area contributed by atoms with Crippen molar-refractivity contribution in [1.29, 1.82) is 0 Å². The largest absolute Gasteiger partial charge is 0.443 e. The number of hydrogen-bond donors (Lipinski definition) is 1. The van der Waals surface area contributed by atoms with E-state index in [2.05, 4.69) is 22.4 Å². The lowest BCUT2D eigenvalue weighted by molar-refractivity contribution is -0.116. The van der Waals surface area contributed by atoms with Gasteiger partial charge in [0.15, 0.2) is 5.82 Å². The lowest BCUT2D eigenvalue weighted by Crippen LogP contribution is -2.30. The molecule has 0 bridgehead atoms. The smallest absolute Gasteiger partial charge is 0.422 e. The van der Waals surface area contributed by atoms with Gasteiger partial charge in [0.25, 0.3) is 0 Å². The van der Waals surface area contributed by atoms with E-state index >= 15 is 0 Å². The summed E-state index contributed by atoms with van der Waals surface area (Å²) < 4.78 is 6.31. The molecule has 1 aliphatic carbocycles. The first-order valence-electron chi connectivity index (χ1n) is 10.5. The number of thiophene rings is 1. The summed E-state index contributed by atoms with van der Waals surface area (Å²) in [4.78, 5) is 26.9. The second-order valence-corrected chi connectivity index (χ2v) is 11.0. The van der Waals surface area contributed by atoms with Gasteiger partial charge in [0.2, 0.25) is 11.1 Å². The van der Waals surface area contributed by atoms with Crippen LogP contribution in [0.3, 0.4) is 0 Å². The predicted molar refractivity (Wildman–Crippen MR) is 127 cm³/mol. The van der Waals surface area contributed by atoms with Crippen LogP contribution in [0.25, 0.3) is 10.7 Å². The Morgan fingerprint density at radius 3 is 2.47 bits per heavy atom. The van der Waals surface area contributed by atoms with Crippen molar-refractivity contribution in [2.45, 2.75) is 62.5 Å². The molecule has 1 aromatic carbocycles. The Bertz CT molecular complexity index is 1110. The number of anilines is 1. The second kappa shape index (κ2) is 8.71. The zero-order valence-electron chi connectivity index (χ0n) is 18.5. The van der Waals surface area contributed by atoms with Gasteiger partial charge in [-0.15, -0.1) is 21.5 Å². The van der Waals surface area contributed by atoms with Crippen molar-refractivity contribution in [3.05, 3.63) is 47.3 Å². The van der Waals surface area contributed by atoms with E-state index in [9.17, 15) is 9.59 Å². The van der Waals surface area contributed by atoms with Crippen LogP contribution in [-0.2, 0) is 16.0 Å². The Morgan fingerprint density at radius 2 is 1.91 bits per heavy atom. The van der Waals surface area contributed by atoms with Gasteiger partial charge < -0.3 is 10.1 Å². The predicted octanol–water partition coefficient (Wildman–Crippen LogP) is 5.62. The summed E-state index contributed by atoms with van der Waals surface area (Å²) in [6, 6.07) is 11.6. The van der Waals surface area contributed by atoms with E-state index < -0.39 is 16.4 Å². The first kappa shape index (κ1) is 22.5. The number of hydrogen-bond acceptors (Lipinski definition) is 7. The molecule has 2 aromatic heterocycles. The van der Waals surface area contributed by atoms with Gasteiger partial charge in [0.05, 0.1) is 4.88 Å². The Balaban J connectivity index is 1.59. The average molecular weight is 471 g/mol. The summed E-state index contributed by atoms with van der Waals surface area (Å²) in [5.74, 6) is 0.325. The highest BCUT2D eigenvalue weighted by molar-refractivity contribution is 8.01. The van der Waals surface area contributed by atoms with Gasteiger partial charge in [-0.3, -0.25) is 4.79 Å². The van der Waals surface area contributed by atoms with Crippen LogP contribution in [0.5, 0.6) is 0 Å². The quantitative estimate of drug-likeness (QED) is 0.503. The number of amides is 1. The van der Waals surface area contributed by atoms with E-state index in [1.54, 1.807) is 0 Å². The van der Waals surface area contributed by atoms with E-state index in [1.165, 1.54) is 33.2 Å². The molecule has 1 N–H and O–H groups in total. The molecule has 32 heavy (non-hydrogen) atoms. The van der Waals surface area contributed by atoms with Gasteiger partial charge in [0.1, 0.15) is 10.3 Å². The third-order valence-corrected chi connectivity index (χ3v) is 7.27. The molecule has 0 radical (unpaired) electrons. The molecule has 1 fully saturated rings. The molecule has 0 spiro atoms. The summed E-state index contributed by atoms with van der Waals surface area (Å²) in [6.45, 7) is 7.53. The van der Waals surface area contributed by atoms with E-state index in [-0.39, 0.29) is 5.91 Å². The van der Waals surface area contributed by atoms with Crippen LogP contribution >= 0.6 is 23.1 Å². The summed E-state index contributed by atoms with van der Waals surface area (Å²) in [5, 5.41) is 13.8. The van der Waals surface area contributed by atoms with Crippen molar-refractivity contribution in [2.24, 2.45) is 0 Å². The molecule has 2 heterocycles. The Kier molecular flexibility index (Phi) is 6.13. The minimum absolute atomic E-state index is 0.0943. The third-order valence-electron chi connectivity index (χ3n) is 4.98. The maximum Gasteiger partial charge on any atom is 0.422 e. The minimum atomic E-state index is -0.678. The fraction of sp³-hybridized carbons (Fsp3) is 0.391. The minimum Gasteiger partial charge on any atom is -0.443 e. The molecule has 0 aliphatic heterocycles. The average Bonchev–Trinajstić information content (AvgIpc) is 3.12. The lowest BCUT2D eigenvalue weighted by atomic mass is 10.1. The molecular weight excluding hydrogens is 444 g/mol. The highest BCUT2D eigenvalue weighted by Crippen LogP contribution is 2.52. The molecule has 3 aromatic rings.